The number of hydrogen-bond donors (Lipinski definition) is 0. The lowest BCUT2D eigenvalue weighted by Crippen LogP contribution is -2.26. The lowest BCUT2D eigenvalue weighted by atomic mass is 9.86. The number of carbonyl (C=O) groups excluding carboxylic acids is 4. The number of esters is 3. The van der Waals surface area contributed by atoms with Crippen LogP contribution in [0.4, 0.5) is 0 Å². The standard InChI is InChI=1S/C20H34O8/c1-6-14(4)16(7-2)17(21)13-26-18(22)9-10-19(23)27-15(5)28-20(24)11-12-25-8-3/h14-16H,6-13H2,1-5H3. The van der Waals surface area contributed by atoms with Gasteiger partial charge in [-0.1, -0.05) is 27.2 Å². The lowest BCUT2D eigenvalue weighted by Gasteiger charge is -2.19. The highest BCUT2D eigenvalue weighted by molar-refractivity contribution is 5.85. The van der Waals surface area contributed by atoms with Crippen molar-refractivity contribution in [3.05, 3.63) is 0 Å². The zero-order valence-electron chi connectivity index (χ0n) is 17.7. The molecule has 0 amide bonds. The summed E-state index contributed by atoms with van der Waals surface area (Å²) in [5.41, 5.74) is 0. The topological polar surface area (TPSA) is 105 Å². The van der Waals surface area contributed by atoms with Crippen LogP contribution in [0, 0.1) is 11.8 Å². The van der Waals surface area contributed by atoms with Gasteiger partial charge in [-0.3, -0.25) is 19.2 Å². The minimum absolute atomic E-state index is 0.0610. The molecule has 0 aromatic carbocycles. The van der Waals surface area contributed by atoms with Crippen LogP contribution < -0.4 is 0 Å². The van der Waals surface area contributed by atoms with Gasteiger partial charge in [0.15, 0.2) is 5.78 Å². The number of rotatable bonds is 15. The zero-order chi connectivity index (χ0) is 21.5. The Kier molecular flexibility index (Phi) is 14.0. The van der Waals surface area contributed by atoms with Gasteiger partial charge in [0.1, 0.15) is 6.61 Å². The second-order valence-electron chi connectivity index (χ2n) is 6.52. The molecule has 0 bridgehead atoms. The van der Waals surface area contributed by atoms with Gasteiger partial charge >= 0.3 is 17.9 Å². The lowest BCUT2D eigenvalue weighted by molar-refractivity contribution is -0.185. The van der Waals surface area contributed by atoms with Crippen LogP contribution in [0.25, 0.3) is 0 Å². The first-order valence-electron chi connectivity index (χ1n) is 9.90. The second-order valence-corrected chi connectivity index (χ2v) is 6.52. The fraction of sp³-hybridized carbons (Fsp3) is 0.800. The summed E-state index contributed by atoms with van der Waals surface area (Å²) in [6, 6.07) is 0. The summed E-state index contributed by atoms with van der Waals surface area (Å²) < 4.78 is 19.8. The molecule has 8 nitrogen and oxygen atoms in total. The van der Waals surface area contributed by atoms with Gasteiger partial charge < -0.3 is 18.9 Å². The van der Waals surface area contributed by atoms with Crippen LogP contribution >= 0.6 is 0 Å². The van der Waals surface area contributed by atoms with Gasteiger partial charge in [-0.05, 0) is 19.3 Å². The SMILES string of the molecule is CCOCCC(=O)OC(C)OC(=O)CCC(=O)OCC(=O)C(CC)C(C)CC. The van der Waals surface area contributed by atoms with Gasteiger partial charge in [-0.25, -0.2) is 0 Å². The normalized spacial score (nSPS) is 13.9. The Morgan fingerprint density at radius 3 is 1.89 bits per heavy atom. The summed E-state index contributed by atoms with van der Waals surface area (Å²) in [6.07, 6.45) is 0.135. The largest absolute Gasteiger partial charge is 0.458 e. The van der Waals surface area contributed by atoms with Crippen molar-refractivity contribution in [2.24, 2.45) is 11.8 Å². The number of Topliss-reactive ketones (excluding diaryl/α,β-unsaturated/α-hetero) is 1. The first kappa shape index (κ1) is 26.0. The molecule has 0 N–H and O–H groups in total. The Bertz CT molecular complexity index is 502. The minimum atomic E-state index is -1.06. The van der Waals surface area contributed by atoms with Crippen molar-refractivity contribution >= 4 is 23.7 Å². The number of ketones is 1. The van der Waals surface area contributed by atoms with Crippen LogP contribution in [-0.4, -0.2) is 49.8 Å². The van der Waals surface area contributed by atoms with Crippen molar-refractivity contribution in [3.8, 4) is 0 Å². The molecule has 0 fully saturated rings. The summed E-state index contributed by atoms with van der Waals surface area (Å²) >= 11 is 0. The van der Waals surface area contributed by atoms with E-state index in [2.05, 4.69) is 0 Å². The molecule has 0 saturated carbocycles. The number of ether oxygens (including phenoxy) is 4. The van der Waals surface area contributed by atoms with Crippen LogP contribution in [0.2, 0.25) is 0 Å². The third-order valence-electron chi connectivity index (χ3n) is 4.34. The highest BCUT2D eigenvalue weighted by Crippen LogP contribution is 2.19. The number of hydrogen-bond acceptors (Lipinski definition) is 8. The summed E-state index contributed by atoms with van der Waals surface area (Å²) in [5, 5.41) is 0. The molecule has 28 heavy (non-hydrogen) atoms. The van der Waals surface area contributed by atoms with Crippen molar-refractivity contribution in [2.45, 2.75) is 73.0 Å². The van der Waals surface area contributed by atoms with Crippen LogP contribution in [0.1, 0.15) is 66.7 Å². The molecule has 0 aromatic rings. The molecule has 0 heterocycles. The van der Waals surface area contributed by atoms with Gasteiger partial charge in [-0.2, -0.15) is 0 Å². The molecule has 0 radical (unpaired) electrons. The first-order valence-corrected chi connectivity index (χ1v) is 9.90. The van der Waals surface area contributed by atoms with E-state index in [1.54, 1.807) is 0 Å². The molecule has 0 aliphatic carbocycles. The van der Waals surface area contributed by atoms with Crippen molar-refractivity contribution in [3.63, 3.8) is 0 Å². The Balaban J connectivity index is 4.09. The molecule has 3 unspecified atom stereocenters. The molecular formula is C20H34O8. The van der Waals surface area contributed by atoms with Crippen LogP contribution in [-0.2, 0) is 38.1 Å². The number of carbonyl (C=O) groups is 4. The van der Waals surface area contributed by atoms with E-state index in [9.17, 15) is 19.2 Å². The van der Waals surface area contributed by atoms with Crippen molar-refractivity contribution < 1.29 is 38.1 Å². The average Bonchev–Trinajstić information content (AvgIpc) is 2.65. The van der Waals surface area contributed by atoms with Crippen molar-refractivity contribution in [2.75, 3.05) is 19.8 Å². The first-order chi connectivity index (χ1) is 13.2. The smallest absolute Gasteiger partial charge is 0.311 e. The average molecular weight is 402 g/mol. The van der Waals surface area contributed by atoms with Crippen LogP contribution in [0.15, 0.2) is 0 Å². The maximum Gasteiger partial charge on any atom is 0.311 e. The third kappa shape index (κ3) is 11.7. The Labute approximate surface area is 167 Å². The molecule has 0 saturated heterocycles. The Morgan fingerprint density at radius 1 is 0.786 bits per heavy atom. The fourth-order valence-corrected chi connectivity index (χ4v) is 2.58. The van der Waals surface area contributed by atoms with E-state index in [0.717, 1.165) is 6.42 Å². The van der Waals surface area contributed by atoms with E-state index in [0.29, 0.717) is 13.0 Å². The molecule has 0 aliphatic rings. The highest BCUT2D eigenvalue weighted by Gasteiger charge is 2.23. The van der Waals surface area contributed by atoms with Gasteiger partial charge in [0.25, 0.3) is 0 Å². The Morgan fingerprint density at radius 2 is 1.36 bits per heavy atom. The van der Waals surface area contributed by atoms with E-state index in [4.69, 9.17) is 18.9 Å². The van der Waals surface area contributed by atoms with E-state index in [1.165, 1.54) is 6.92 Å². The fourth-order valence-electron chi connectivity index (χ4n) is 2.58. The summed E-state index contributed by atoms with van der Waals surface area (Å²) in [6.45, 7) is 9.59. The maximum absolute atomic E-state index is 12.1. The molecule has 162 valence electrons. The van der Waals surface area contributed by atoms with E-state index in [-0.39, 0.29) is 50.1 Å². The van der Waals surface area contributed by atoms with E-state index in [1.807, 2.05) is 27.7 Å². The predicted molar refractivity (Wildman–Crippen MR) is 101 cm³/mol. The minimum Gasteiger partial charge on any atom is -0.458 e. The van der Waals surface area contributed by atoms with Crippen molar-refractivity contribution in [1.82, 2.24) is 0 Å². The Hall–Kier alpha value is -1.96. The molecule has 0 aliphatic heterocycles. The third-order valence-corrected chi connectivity index (χ3v) is 4.34. The highest BCUT2D eigenvalue weighted by atomic mass is 16.7. The second kappa shape index (κ2) is 15.0. The summed E-state index contributed by atoms with van der Waals surface area (Å²) in [4.78, 5) is 47.0. The molecule has 0 spiro atoms. The van der Waals surface area contributed by atoms with Gasteiger partial charge in [0.2, 0.25) is 6.29 Å². The van der Waals surface area contributed by atoms with Crippen LogP contribution in [0.3, 0.4) is 0 Å². The van der Waals surface area contributed by atoms with Crippen molar-refractivity contribution in [1.29, 1.82) is 0 Å². The van der Waals surface area contributed by atoms with Crippen LogP contribution in [0.5, 0.6) is 0 Å². The van der Waals surface area contributed by atoms with Gasteiger partial charge in [0, 0.05) is 19.4 Å². The molecular weight excluding hydrogens is 368 g/mol. The monoisotopic (exact) mass is 402 g/mol. The molecule has 0 rings (SSSR count). The van der Waals surface area contributed by atoms with Gasteiger partial charge in [0.05, 0.1) is 25.9 Å². The van der Waals surface area contributed by atoms with E-state index >= 15 is 0 Å². The zero-order valence-corrected chi connectivity index (χ0v) is 17.7. The quantitative estimate of drug-likeness (QED) is 0.234. The van der Waals surface area contributed by atoms with Gasteiger partial charge in [-0.15, -0.1) is 0 Å². The molecule has 3 atom stereocenters. The maximum atomic E-state index is 12.1. The van der Waals surface area contributed by atoms with E-state index < -0.39 is 24.2 Å². The molecule has 0 aromatic heterocycles. The predicted octanol–water partition coefficient (Wildman–Crippen LogP) is 2.81. The summed E-state index contributed by atoms with van der Waals surface area (Å²) in [7, 11) is 0. The summed E-state index contributed by atoms with van der Waals surface area (Å²) in [5.74, 6) is -1.91. The molecule has 8 heteroatoms.